The molecule has 29 heavy (non-hydrogen) atoms. The molecule has 0 aliphatic heterocycles. The van der Waals surface area contributed by atoms with Crippen molar-refractivity contribution in [3.63, 3.8) is 0 Å². The van der Waals surface area contributed by atoms with E-state index in [2.05, 4.69) is 10.2 Å². The summed E-state index contributed by atoms with van der Waals surface area (Å²) in [5, 5.41) is 9.99. The average molecular weight is 413 g/mol. The molecule has 3 aromatic rings. The molecule has 1 amide bonds. The third-order valence-electron chi connectivity index (χ3n) is 4.30. The summed E-state index contributed by atoms with van der Waals surface area (Å²) in [5.74, 6) is -0.0398. The van der Waals surface area contributed by atoms with Crippen LogP contribution >= 0.6 is 11.3 Å². The minimum atomic E-state index is -0.509. The molecule has 7 nitrogen and oxygen atoms in total. The van der Waals surface area contributed by atoms with Gasteiger partial charge in [0.1, 0.15) is 0 Å². The van der Waals surface area contributed by atoms with Gasteiger partial charge in [0.25, 0.3) is 11.8 Å². The number of ether oxygens (including phenoxy) is 1. The Balaban J connectivity index is 1.61. The first kappa shape index (κ1) is 20.7. The first-order valence-corrected chi connectivity index (χ1v) is 10.2. The van der Waals surface area contributed by atoms with Crippen molar-refractivity contribution in [2.24, 2.45) is 0 Å². The molecule has 0 aliphatic rings. The van der Waals surface area contributed by atoms with Crippen molar-refractivity contribution >= 4 is 23.2 Å². The van der Waals surface area contributed by atoms with E-state index in [-0.39, 0.29) is 19.1 Å². The topological polar surface area (TPSA) is 85.5 Å². The van der Waals surface area contributed by atoms with E-state index in [1.165, 1.54) is 11.3 Å². The van der Waals surface area contributed by atoms with Gasteiger partial charge in [0, 0.05) is 6.54 Å². The SMILES string of the molecule is CCCN(Cc1nnc(-c2cccs2)o1)C(=O)COC(=O)c1ccc(C)cc1C. The molecule has 0 radical (unpaired) electrons. The number of hydrogen-bond acceptors (Lipinski definition) is 7. The number of rotatable bonds is 8. The van der Waals surface area contributed by atoms with Gasteiger partial charge in [0.2, 0.25) is 5.89 Å². The van der Waals surface area contributed by atoms with Crippen molar-refractivity contribution in [1.82, 2.24) is 15.1 Å². The number of esters is 1. The number of thiophene rings is 1. The van der Waals surface area contributed by atoms with Crippen LogP contribution in [-0.2, 0) is 16.1 Å². The molecule has 0 fully saturated rings. The third kappa shape index (κ3) is 5.29. The fourth-order valence-corrected chi connectivity index (χ4v) is 3.53. The van der Waals surface area contributed by atoms with Gasteiger partial charge in [-0.15, -0.1) is 21.5 Å². The lowest BCUT2D eigenvalue weighted by molar-refractivity contribution is -0.135. The van der Waals surface area contributed by atoms with Crippen LogP contribution in [0.25, 0.3) is 10.8 Å². The van der Waals surface area contributed by atoms with Gasteiger partial charge >= 0.3 is 5.97 Å². The van der Waals surface area contributed by atoms with Gasteiger partial charge in [-0.3, -0.25) is 4.79 Å². The van der Waals surface area contributed by atoms with E-state index in [4.69, 9.17) is 9.15 Å². The first-order chi connectivity index (χ1) is 14.0. The van der Waals surface area contributed by atoms with Crippen LogP contribution in [0.3, 0.4) is 0 Å². The average Bonchev–Trinajstić information content (AvgIpc) is 3.37. The zero-order valence-electron chi connectivity index (χ0n) is 16.7. The number of aryl methyl sites for hydroxylation is 2. The Kier molecular flexibility index (Phi) is 6.77. The largest absolute Gasteiger partial charge is 0.452 e. The van der Waals surface area contributed by atoms with E-state index < -0.39 is 5.97 Å². The van der Waals surface area contributed by atoms with Gasteiger partial charge in [0.05, 0.1) is 17.0 Å². The summed E-state index contributed by atoms with van der Waals surface area (Å²) in [5.41, 5.74) is 2.34. The van der Waals surface area contributed by atoms with Crippen LogP contribution in [0.4, 0.5) is 0 Å². The van der Waals surface area contributed by atoms with Crippen LogP contribution in [0.1, 0.15) is 40.7 Å². The second-order valence-corrected chi connectivity index (χ2v) is 7.64. The highest BCUT2D eigenvalue weighted by molar-refractivity contribution is 7.13. The van der Waals surface area contributed by atoms with Gasteiger partial charge in [0.15, 0.2) is 6.61 Å². The smallest absolute Gasteiger partial charge is 0.338 e. The molecule has 0 atom stereocenters. The number of carbonyl (C=O) groups excluding carboxylic acids is 2. The van der Waals surface area contributed by atoms with E-state index in [0.29, 0.717) is 23.9 Å². The number of nitrogens with zero attached hydrogens (tertiary/aromatic N) is 3. The van der Waals surface area contributed by atoms with Gasteiger partial charge in [-0.2, -0.15) is 0 Å². The monoisotopic (exact) mass is 413 g/mol. The third-order valence-corrected chi connectivity index (χ3v) is 5.16. The highest BCUT2D eigenvalue weighted by Crippen LogP contribution is 2.23. The summed E-state index contributed by atoms with van der Waals surface area (Å²) in [6.45, 7) is 6.10. The van der Waals surface area contributed by atoms with Gasteiger partial charge < -0.3 is 14.1 Å². The van der Waals surface area contributed by atoms with Gasteiger partial charge in [-0.1, -0.05) is 30.7 Å². The molecular formula is C21H23N3O4S. The number of benzene rings is 1. The Morgan fingerprint density at radius 3 is 2.72 bits per heavy atom. The molecule has 152 valence electrons. The minimum absolute atomic E-state index is 0.173. The molecule has 0 saturated carbocycles. The first-order valence-electron chi connectivity index (χ1n) is 9.36. The number of hydrogen-bond donors (Lipinski definition) is 0. The van der Waals surface area contributed by atoms with Crippen LogP contribution in [0, 0.1) is 13.8 Å². The standard InChI is InChI=1S/C21H23N3O4S/c1-4-9-24(12-18-22-23-20(28-18)17-6-5-10-29-17)19(25)13-27-21(26)16-8-7-14(2)11-15(16)3/h5-8,10-11H,4,9,12-13H2,1-3H3. The van der Waals surface area contributed by atoms with Gasteiger partial charge in [-0.25, -0.2) is 4.79 Å². The van der Waals surface area contributed by atoms with Crippen molar-refractivity contribution in [3.8, 4) is 10.8 Å². The van der Waals surface area contributed by atoms with Crippen LogP contribution in [0.5, 0.6) is 0 Å². The van der Waals surface area contributed by atoms with Crippen molar-refractivity contribution in [2.45, 2.75) is 33.7 Å². The van der Waals surface area contributed by atoms with Crippen molar-refractivity contribution in [3.05, 3.63) is 58.3 Å². The predicted molar refractivity (Wildman–Crippen MR) is 110 cm³/mol. The molecule has 0 N–H and O–H groups in total. The maximum Gasteiger partial charge on any atom is 0.338 e. The minimum Gasteiger partial charge on any atom is -0.452 e. The molecule has 1 aromatic carbocycles. The Morgan fingerprint density at radius 2 is 2.03 bits per heavy atom. The second-order valence-electron chi connectivity index (χ2n) is 6.69. The molecule has 0 unspecified atom stereocenters. The van der Waals surface area contributed by atoms with E-state index in [1.54, 1.807) is 11.0 Å². The maximum absolute atomic E-state index is 12.6. The Hall–Kier alpha value is -3.00. The number of carbonyl (C=O) groups is 2. The second kappa shape index (κ2) is 9.47. The summed E-state index contributed by atoms with van der Waals surface area (Å²) in [6, 6.07) is 9.26. The highest BCUT2D eigenvalue weighted by atomic mass is 32.1. The van der Waals surface area contributed by atoms with Crippen LogP contribution in [0.15, 0.2) is 40.1 Å². The summed E-state index contributed by atoms with van der Waals surface area (Å²) >= 11 is 1.50. The van der Waals surface area contributed by atoms with E-state index in [0.717, 1.165) is 22.4 Å². The Morgan fingerprint density at radius 1 is 1.21 bits per heavy atom. The number of aromatic nitrogens is 2. The Labute approximate surface area is 173 Å². The van der Waals surface area contributed by atoms with Crippen LogP contribution in [0.2, 0.25) is 0 Å². The van der Waals surface area contributed by atoms with Gasteiger partial charge in [-0.05, 0) is 43.3 Å². The fourth-order valence-electron chi connectivity index (χ4n) is 2.88. The summed E-state index contributed by atoms with van der Waals surface area (Å²) in [4.78, 5) is 27.4. The van der Waals surface area contributed by atoms with Crippen molar-refractivity contribution in [1.29, 1.82) is 0 Å². The quantitative estimate of drug-likeness (QED) is 0.519. The van der Waals surface area contributed by atoms with Crippen molar-refractivity contribution in [2.75, 3.05) is 13.2 Å². The lowest BCUT2D eigenvalue weighted by atomic mass is 10.1. The number of amides is 1. The van der Waals surface area contributed by atoms with Crippen molar-refractivity contribution < 1.29 is 18.7 Å². The zero-order valence-corrected chi connectivity index (χ0v) is 17.5. The van der Waals surface area contributed by atoms with E-state index in [1.807, 2.05) is 50.4 Å². The lowest BCUT2D eigenvalue weighted by Crippen LogP contribution is -2.35. The molecule has 0 aliphatic carbocycles. The summed E-state index contributed by atoms with van der Waals surface area (Å²) in [6.07, 6.45) is 0.753. The van der Waals surface area contributed by atoms with E-state index >= 15 is 0 Å². The zero-order chi connectivity index (χ0) is 20.8. The molecule has 0 saturated heterocycles. The predicted octanol–water partition coefficient (Wildman–Crippen LogP) is 4.01. The normalized spacial score (nSPS) is 10.7. The molecule has 8 heteroatoms. The van der Waals surface area contributed by atoms with Crippen LogP contribution in [-0.4, -0.2) is 40.1 Å². The van der Waals surface area contributed by atoms with Crippen LogP contribution < -0.4 is 0 Å². The Bertz CT molecular complexity index is 982. The summed E-state index contributed by atoms with van der Waals surface area (Å²) < 4.78 is 10.9. The highest BCUT2D eigenvalue weighted by Gasteiger charge is 2.20. The summed E-state index contributed by atoms with van der Waals surface area (Å²) in [7, 11) is 0. The molecular weight excluding hydrogens is 390 g/mol. The molecule has 3 rings (SSSR count). The molecule has 2 aromatic heterocycles. The molecule has 0 spiro atoms. The van der Waals surface area contributed by atoms with E-state index in [9.17, 15) is 9.59 Å². The lowest BCUT2D eigenvalue weighted by Gasteiger charge is -2.20. The molecule has 0 bridgehead atoms. The molecule has 2 heterocycles. The fraction of sp³-hybridized carbons (Fsp3) is 0.333. The maximum atomic E-state index is 12.6.